The van der Waals surface area contributed by atoms with Crippen molar-refractivity contribution in [2.45, 2.75) is 45.8 Å². The van der Waals surface area contributed by atoms with Gasteiger partial charge in [0.05, 0.1) is 7.11 Å². The third-order valence-electron chi connectivity index (χ3n) is 2.97. The van der Waals surface area contributed by atoms with E-state index in [0.29, 0.717) is 12.5 Å². The zero-order valence-corrected chi connectivity index (χ0v) is 12.3. The van der Waals surface area contributed by atoms with Crippen LogP contribution in [0.15, 0.2) is 18.2 Å². The van der Waals surface area contributed by atoms with Crippen LogP contribution in [-0.4, -0.2) is 23.7 Å². The first-order valence-electron chi connectivity index (χ1n) is 6.43. The lowest BCUT2D eigenvalue weighted by atomic mass is 10.00. The number of rotatable bonds is 5. The molecule has 0 saturated carbocycles. The highest BCUT2D eigenvalue weighted by atomic mass is 16.5. The van der Waals surface area contributed by atoms with E-state index in [1.165, 1.54) is 19.4 Å². The average Bonchev–Trinajstić information content (AvgIpc) is 2.34. The van der Waals surface area contributed by atoms with Gasteiger partial charge in [-0.1, -0.05) is 26.0 Å². The molecule has 1 rings (SSSR count). The van der Waals surface area contributed by atoms with E-state index >= 15 is 0 Å². The molecule has 0 spiro atoms. The van der Waals surface area contributed by atoms with Gasteiger partial charge in [-0.25, -0.2) is 0 Å². The number of methoxy groups -OCH3 is 1. The Hall–Kier alpha value is -1.55. The summed E-state index contributed by atoms with van der Waals surface area (Å²) in [7, 11) is 1.60. The van der Waals surface area contributed by atoms with E-state index in [-0.39, 0.29) is 0 Å². The topological polar surface area (TPSA) is 58.6 Å². The van der Waals surface area contributed by atoms with Crippen molar-refractivity contribution in [1.29, 1.82) is 0 Å². The molecule has 0 heterocycles. The number of benzene rings is 1. The summed E-state index contributed by atoms with van der Waals surface area (Å²) in [6.45, 7) is 7.49. The number of aliphatic hydroxyl groups is 1. The van der Waals surface area contributed by atoms with Crippen LogP contribution in [0.1, 0.15) is 44.7 Å². The molecule has 1 aromatic rings. The standard InChI is InChI=1S/C15H23NO3/c1-10(2)11-6-7-13(19-5)12(8-11)9-16-14(17)15(3,4)18/h6-8,10,18H,9H2,1-5H3,(H,16,17). The maximum Gasteiger partial charge on any atom is 0.251 e. The minimum Gasteiger partial charge on any atom is -0.496 e. The summed E-state index contributed by atoms with van der Waals surface area (Å²) in [4.78, 5) is 11.7. The predicted molar refractivity (Wildman–Crippen MR) is 75.2 cm³/mol. The van der Waals surface area contributed by atoms with Gasteiger partial charge in [0, 0.05) is 12.1 Å². The van der Waals surface area contributed by atoms with Gasteiger partial charge < -0.3 is 15.2 Å². The zero-order valence-electron chi connectivity index (χ0n) is 12.3. The first kappa shape index (κ1) is 15.5. The molecule has 2 N–H and O–H groups in total. The fraction of sp³-hybridized carbons (Fsp3) is 0.533. The van der Waals surface area contributed by atoms with E-state index in [0.717, 1.165) is 11.3 Å². The van der Waals surface area contributed by atoms with Crippen LogP contribution >= 0.6 is 0 Å². The van der Waals surface area contributed by atoms with E-state index in [1.807, 2.05) is 18.2 Å². The van der Waals surface area contributed by atoms with Crippen molar-refractivity contribution in [3.8, 4) is 5.75 Å². The van der Waals surface area contributed by atoms with Crippen molar-refractivity contribution >= 4 is 5.91 Å². The Morgan fingerprint density at radius 3 is 2.53 bits per heavy atom. The van der Waals surface area contributed by atoms with Crippen LogP contribution in [0.2, 0.25) is 0 Å². The lowest BCUT2D eigenvalue weighted by Crippen LogP contribution is -2.41. The molecule has 0 radical (unpaired) electrons. The van der Waals surface area contributed by atoms with Crippen LogP contribution in [0.5, 0.6) is 5.75 Å². The molecule has 1 aromatic carbocycles. The van der Waals surface area contributed by atoms with Crippen molar-refractivity contribution in [2.75, 3.05) is 7.11 Å². The maximum absolute atomic E-state index is 11.7. The van der Waals surface area contributed by atoms with Gasteiger partial charge in [0.2, 0.25) is 0 Å². The molecule has 0 aromatic heterocycles. The SMILES string of the molecule is COc1ccc(C(C)C)cc1CNC(=O)C(C)(C)O. The lowest BCUT2D eigenvalue weighted by Gasteiger charge is -2.18. The Morgan fingerprint density at radius 2 is 2.05 bits per heavy atom. The summed E-state index contributed by atoms with van der Waals surface area (Å²) in [5.74, 6) is 0.750. The van der Waals surface area contributed by atoms with Crippen molar-refractivity contribution < 1.29 is 14.6 Å². The number of nitrogens with one attached hydrogen (secondary N) is 1. The molecule has 0 fully saturated rings. The molecule has 4 nitrogen and oxygen atoms in total. The van der Waals surface area contributed by atoms with E-state index < -0.39 is 11.5 Å². The summed E-state index contributed by atoms with van der Waals surface area (Å²) >= 11 is 0. The minimum atomic E-state index is -1.37. The Balaban J connectivity index is 2.87. The second-order valence-corrected chi connectivity index (χ2v) is 5.47. The summed E-state index contributed by atoms with van der Waals surface area (Å²) in [6.07, 6.45) is 0. The van der Waals surface area contributed by atoms with Crippen LogP contribution in [-0.2, 0) is 11.3 Å². The summed E-state index contributed by atoms with van der Waals surface area (Å²) in [6, 6.07) is 5.94. The number of carbonyl (C=O) groups excluding carboxylic acids is 1. The molecule has 1 amide bonds. The Morgan fingerprint density at radius 1 is 1.42 bits per heavy atom. The molecule has 0 atom stereocenters. The van der Waals surface area contributed by atoms with Crippen LogP contribution in [0.3, 0.4) is 0 Å². The first-order valence-corrected chi connectivity index (χ1v) is 6.43. The summed E-state index contributed by atoms with van der Waals surface area (Å²) in [5.41, 5.74) is 0.725. The number of carbonyl (C=O) groups is 1. The third kappa shape index (κ3) is 4.24. The first-order chi connectivity index (χ1) is 8.75. The highest BCUT2D eigenvalue weighted by molar-refractivity contribution is 5.83. The highest BCUT2D eigenvalue weighted by Gasteiger charge is 2.23. The summed E-state index contributed by atoms with van der Waals surface area (Å²) in [5, 5.41) is 12.3. The van der Waals surface area contributed by atoms with E-state index in [9.17, 15) is 9.90 Å². The minimum absolute atomic E-state index is 0.340. The smallest absolute Gasteiger partial charge is 0.251 e. The molecule has 0 aliphatic rings. The molecule has 0 bridgehead atoms. The molecule has 4 heteroatoms. The largest absolute Gasteiger partial charge is 0.496 e. The molecule has 106 valence electrons. The number of hydrogen-bond acceptors (Lipinski definition) is 3. The van der Waals surface area contributed by atoms with Gasteiger partial charge in [0.25, 0.3) is 5.91 Å². The number of hydrogen-bond donors (Lipinski definition) is 2. The van der Waals surface area contributed by atoms with Gasteiger partial charge in [-0.3, -0.25) is 4.79 Å². The lowest BCUT2D eigenvalue weighted by molar-refractivity contribution is -0.136. The summed E-state index contributed by atoms with van der Waals surface area (Å²) < 4.78 is 5.28. The van der Waals surface area contributed by atoms with Crippen LogP contribution in [0, 0.1) is 0 Å². The van der Waals surface area contributed by atoms with Gasteiger partial charge in [0.1, 0.15) is 11.4 Å². The molecule has 0 aliphatic heterocycles. The van der Waals surface area contributed by atoms with Crippen molar-refractivity contribution in [3.63, 3.8) is 0 Å². The normalized spacial score (nSPS) is 11.5. The van der Waals surface area contributed by atoms with Gasteiger partial charge in [0.15, 0.2) is 0 Å². The molecule has 0 unspecified atom stereocenters. The van der Waals surface area contributed by atoms with E-state index in [1.54, 1.807) is 7.11 Å². The number of ether oxygens (including phenoxy) is 1. The maximum atomic E-state index is 11.7. The van der Waals surface area contributed by atoms with E-state index in [2.05, 4.69) is 19.2 Å². The predicted octanol–water partition coefficient (Wildman–Crippen LogP) is 2.21. The fourth-order valence-electron chi connectivity index (χ4n) is 1.69. The average molecular weight is 265 g/mol. The van der Waals surface area contributed by atoms with Crippen molar-refractivity contribution in [3.05, 3.63) is 29.3 Å². The second-order valence-electron chi connectivity index (χ2n) is 5.47. The Kier molecular flexibility index (Phi) is 4.95. The quantitative estimate of drug-likeness (QED) is 0.858. The van der Waals surface area contributed by atoms with E-state index in [4.69, 9.17) is 4.74 Å². The highest BCUT2D eigenvalue weighted by Crippen LogP contribution is 2.24. The van der Waals surface area contributed by atoms with Gasteiger partial charge >= 0.3 is 0 Å². The molecular formula is C15H23NO3. The van der Waals surface area contributed by atoms with Gasteiger partial charge in [-0.05, 0) is 31.4 Å². The van der Waals surface area contributed by atoms with Gasteiger partial charge in [-0.15, -0.1) is 0 Å². The molecule has 0 aliphatic carbocycles. The van der Waals surface area contributed by atoms with Crippen molar-refractivity contribution in [2.24, 2.45) is 0 Å². The van der Waals surface area contributed by atoms with Crippen LogP contribution < -0.4 is 10.1 Å². The van der Waals surface area contributed by atoms with Crippen LogP contribution in [0.25, 0.3) is 0 Å². The zero-order chi connectivity index (χ0) is 14.6. The fourth-order valence-corrected chi connectivity index (χ4v) is 1.69. The molecule has 0 saturated heterocycles. The number of amides is 1. The van der Waals surface area contributed by atoms with Gasteiger partial charge in [-0.2, -0.15) is 0 Å². The third-order valence-corrected chi connectivity index (χ3v) is 2.97. The monoisotopic (exact) mass is 265 g/mol. The Labute approximate surface area is 114 Å². The van der Waals surface area contributed by atoms with Crippen LogP contribution in [0.4, 0.5) is 0 Å². The molecule has 19 heavy (non-hydrogen) atoms. The second kappa shape index (κ2) is 6.06. The Bertz CT molecular complexity index is 447. The van der Waals surface area contributed by atoms with Crippen molar-refractivity contribution in [1.82, 2.24) is 5.32 Å². The molecular weight excluding hydrogens is 242 g/mol.